The molecule has 0 saturated heterocycles. The maximum atomic E-state index is 12.6. The fourth-order valence-corrected chi connectivity index (χ4v) is 1.23. The highest BCUT2D eigenvalue weighted by Crippen LogP contribution is 2.14. The summed E-state index contributed by atoms with van der Waals surface area (Å²) in [6.07, 6.45) is 0. The first-order valence-electron chi connectivity index (χ1n) is 4.18. The lowest BCUT2D eigenvalue weighted by molar-refractivity contribution is -0.116. The van der Waals surface area contributed by atoms with E-state index < -0.39 is 5.82 Å². The third kappa shape index (κ3) is 2.93. The van der Waals surface area contributed by atoms with E-state index in [-0.39, 0.29) is 18.3 Å². The van der Waals surface area contributed by atoms with Gasteiger partial charge < -0.3 is 0 Å². The van der Waals surface area contributed by atoms with Crippen molar-refractivity contribution in [3.8, 4) is 6.07 Å². The van der Waals surface area contributed by atoms with Gasteiger partial charge in [-0.05, 0) is 24.3 Å². The predicted octanol–water partition coefficient (Wildman–Crippen LogP) is 1.92. The average Bonchev–Trinajstić information content (AvgIpc) is 2.26. The van der Waals surface area contributed by atoms with Gasteiger partial charge in [0.15, 0.2) is 0 Å². The molecule has 1 rings (SSSR count). The summed E-state index contributed by atoms with van der Waals surface area (Å²) in [4.78, 5) is 12.5. The van der Waals surface area contributed by atoms with Crippen molar-refractivity contribution in [3.05, 3.63) is 30.1 Å². The third-order valence-corrected chi connectivity index (χ3v) is 2.01. The molecule has 0 radical (unpaired) electrons. The van der Waals surface area contributed by atoms with Gasteiger partial charge in [0, 0.05) is 5.69 Å². The summed E-state index contributed by atoms with van der Waals surface area (Å²) >= 11 is 5.39. The Labute approximate surface area is 91.7 Å². The molecular formula is C10H8ClFN2O. The molecule has 0 saturated carbocycles. The summed E-state index contributed by atoms with van der Waals surface area (Å²) in [5, 5.41) is 8.54. The van der Waals surface area contributed by atoms with Crippen LogP contribution in [0.15, 0.2) is 24.3 Å². The molecule has 0 aliphatic heterocycles. The number of nitrogens with zero attached hydrogens (tertiary/aromatic N) is 2. The van der Waals surface area contributed by atoms with Gasteiger partial charge in [-0.25, -0.2) is 4.39 Å². The van der Waals surface area contributed by atoms with Gasteiger partial charge in [0.1, 0.15) is 18.2 Å². The maximum Gasteiger partial charge on any atom is 0.242 e. The van der Waals surface area contributed by atoms with Gasteiger partial charge >= 0.3 is 0 Å². The smallest absolute Gasteiger partial charge is 0.242 e. The first-order valence-corrected chi connectivity index (χ1v) is 4.71. The van der Waals surface area contributed by atoms with E-state index in [1.807, 2.05) is 6.07 Å². The molecule has 0 bridgehead atoms. The molecule has 5 heteroatoms. The van der Waals surface area contributed by atoms with Crippen LogP contribution in [0.2, 0.25) is 0 Å². The number of anilines is 1. The van der Waals surface area contributed by atoms with Gasteiger partial charge in [0.25, 0.3) is 0 Å². The number of hydrogen-bond donors (Lipinski definition) is 0. The number of hydrogen-bond acceptors (Lipinski definition) is 2. The van der Waals surface area contributed by atoms with Crippen molar-refractivity contribution in [2.24, 2.45) is 0 Å². The topological polar surface area (TPSA) is 44.1 Å². The van der Waals surface area contributed by atoms with Crippen LogP contribution in [0.5, 0.6) is 0 Å². The van der Waals surface area contributed by atoms with Crippen LogP contribution >= 0.6 is 11.6 Å². The summed E-state index contributed by atoms with van der Waals surface area (Å²) in [5.74, 6) is -0.988. The largest absolute Gasteiger partial charge is 0.298 e. The lowest BCUT2D eigenvalue weighted by Crippen LogP contribution is -2.32. The number of halogens is 2. The first-order chi connectivity index (χ1) is 7.19. The Balaban J connectivity index is 2.94. The molecule has 0 heterocycles. The summed E-state index contributed by atoms with van der Waals surface area (Å²) < 4.78 is 12.6. The second kappa shape index (κ2) is 5.32. The van der Waals surface area contributed by atoms with E-state index in [2.05, 4.69) is 0 Å². The molecule has 0 fully saturated rings. The van der Waals surface area contributed by atoms with Crippen molar-refractivity contribution in [2.45, 2.75) is 0 Å². The zero-order chi connectivity index (χ0) is 11.3. The molecule has 1 aromatic carbocycles. The molecule has 0 aliphatic carbocycles. The van der Waals surface area contributed by atoms with Crippen LogP contribution in [0.3, 0.4) is 0 Å². The molecule has 0 spiro atoms. The lowest BCUT2D eigenvalue weighted by Gasteiger charge is -2.18. The number of nitriles is 1. The van der Waals surface area contributed by atoms with Crippen LogP contribution in [0.25, 0.3) is 0 Å². The number of carbonyl (C=O) groups excluding carboxylic acids is 1. The minimum atomic E-state index is -0.394. The van der Waals surface area contributed by atoms with E-state index in [0.717, 1.165) is 0 Å². The van der Waals surface area contributed by atoms with E-state index in [4.69, 9.17) is 16.9 Å². The van der Waals surface area contributed by atoms with Gasteiger partial charge in [-0.2, -0.15) is 5.26 Å². The van der Waals surface area contributed by atoms with Gasteiger partial charge in [-0.15, -0.1) is 11.6 Å². The minimum absolute atomic E-state index is 0.100. The second-order valence-corrected chi connectivity index (χ2v) is 3.02. The Morgan fingerprint density at radius 1 is 1.47 bits per heavy atom. The van der Waals surface area contributed by atoms with Crippen molar-refractivity contribution in [2.75, 3.05) is 17.3 Å². The monoisotopic (exact) mass is 226 g/mol. The first kappa shape index (κ1) is 11.5. The van der Waals surface area contributed by atoms with Gasteiger partial charge in [-0.1, -0.05) is 0 Å². The summed E-state index contributed by atoms with van der Waals surface area (Å²) in [5.41, 5.74) is 0.462. The molecule has 0 atom stereocenters. The van der Waals surface area contributed by atoms with Gasteiger partial charge in [0.2, 0.25) is 5.91 Å². The molecular weight excluding hydrogens is 219 g/mol. The molecule has 0 aliphatic rings. The zero-order valence-corrected chi connectivity index (χ0v) is 8.54. The van der Waals surface area contributed by atoms with Crippen LogP contribution in [0.4, 0.5) is 10.1 Å². The van der Waals surface area contributed by atoms with Crippen molar-refractivity contribution in [1.29, 1.82) is 5.26 Å². The van der Waals surface area contributed by atoms with Crippen molar-refractivity contribution in [1.82, 2.24) is 0 Å². The van der Waals surface area contributed by atoms with Gasteiger partial charge in [-0.3, -0.25) is 9.69 Å². The molecule has 15 heavy (non-hydrogen) atoms. The lowest BCUT2D eigenvalue weighted by atomic mass is 10.3. The zero-order valence-electron chi connectivity index (χ0n) is 7.78. The SMILES string of the molecule is N#CCN(C(=O)CCl)c1ccc(F)cc1. The van der Waals surface area contributed by atoms with Crippen LogP contribution in [0, 0.1) is 17.1 Å². The van der Waals surface area contributed by atoms with Gasteiger partial charge in [0.05, 0.1) is 6.07 Å². The van der Waals surface area contributed by atoms with E-state index in [9.17, 15) is 9.18 Å². The Morgan fingerprint density at radius 3 is 2.53 bits per heavy atom. The Kier molecular flexibility index (Phi) is 4.07. The number of carbonyl (C=O) groups is 1. The van der Waals surface area contributed by atoms with E-state index in [1.54, 1.807) is 0 Å². The highest BCUT2D eigenvalue weighted by atomic mass is 35.5. The number of rotatable bonds is 3. The number of amides is 1. The quantitative estimate of drug-likeness (QED) is 0.584. The van der Waals surface area contributed by atoms with Crippen molar-refractivity contribution >= 4 is 23.2 Å². The molecule has 0 unspecified atom stereocenters. The standard InChI is InChI=1S/C10H8ClFN2O/c11-7-10(15)14(6-5-13)9-3-1-8(12)2-4-9/h1-4H,6-7H2. The molecule has 0 aromatic heterocycles. The maximum absolute atomic E-state index is 12.6. The summed E-state index contributed by atoms with van der Waals surface area (Å²) in [7, 11) is 0. The fraction of sp³-hybridized carbons (Fsp3) is 0.200. The predicted molar refractivity (Wildman–Crippen MR) is 55.1 cm³/mol. The Morgan fingerprint density at radius 2 is 2.07 bits per heavy atom. The van der Waals surface area contributed by atoms with E-state index in [1.165, 1.54) is 29.2 Å². The Bertz CT molecular complexity index is 385. The molecule has 1 aromatic rings. The van der Waals surface area contributed by atoms with Crippen LogP contribution in [-0.2, 0) is 4.79 Å². The van der Waals surface area contributed by atoms with Crippen LogP contribution in [0.1, 0.15) is 0 Å². The van der Waals surface area contributed by atoms with E-state index in [0.29, 0.717) is 5.69 Å². The third-order valence-electron chi connectivity index (χ3n) is 1.78. The highest BCUT2D eigenvalue weighted by Gasteiger charge is 2.13. The van der Waals surface area contributed by atoms with E-state index >= 15 is 0 Å². The van der Waals surface area contributed by atoms with Crippen molar-refractivity contribution < 1.29 is 9.18 Å². The molecule has 3 nitrogen and oxygen atoms in total. The highest BCUT2D eigenvalue weighted by molar-refractivity contribution is 6.29. The molecule has 78 valence electrons. The minimum Gasteiger partial charge on any atom is -0.298 e. The van der Waals surface area contributed by atoms with Crippen LogP contribution in [-0.4, -0.2) is 18.3 Å². The normalized spacial score (nSPS) is 9.40. The molecule has 0 N–H and O–H groups in total. The average molecular weight is 227 g/mol. The fourth-order valence-electron chi connectivity index (χ4n) is 1.09. The summed E-state index contributed by atoms with van der Waals surface area (Å²) in [6, 6.07) is 7.15. The summed E-state index contributed by atoms with van der Waals surface area (Å²) in [6.45, 7) is -0.100. The number of alkyl halides is 1. The molecule has 1 amide bonds. The number of benzene rings is 1. The Hall–Kier alpha value is -1.60. The van der Waals surface area contributed by atoms with Crippen LogP contribution < -0.4 is 4.90 Å². The van der Waals surface area contributed by atoms with Crippen molar-refractivity contribution in [3.63, 3.8) is 0 Å². The second-order valence-electron chi connectivity index (χ2n) is 2.75.